The van der Waals surface area contributed by atoms with Crippen molar-refractivity contribution in [1.29, 1.82) is 0 Å². The van der Waals surface area contributed by atoms with Crippen LogP contribution in [0.4, 0.5) is 0 Å². The molecule has 1 heterocycles. The number of piperidine rings is 1. The number of nitrogens with one attached hydrogen (secondary N) is 1. The Bertz CT molecular complexity index is 80.4. The van der Waals surface area contributed by atoms with E-state index in [2.05, 4.69) is 12.2 Å². The lowest BCUT2D eigenvalue weighted by Crippen LogP contribution is -2.21. The fraction of sp³-hybridized carbons (Fsp3) is 1.00. The van der Waals surface area contributed by atoms with Crippen molar-refractivity contribution in [2.24, 2.45) is 5.92 Å². The van der Waals surface area contributed by atoms with Gasteiger partial charge in [-0.15, -0.1) is 0 Å². The summed E-state index contributed by atoms with van der Waals surface area (Å²) in [5.41, 5.74) is 0. The second-order valence-electron chi connectivity index (χ2n) is 2.91. The van der Waals surface area contributed by atoms with Gasteiger partial charge in [0.25, 0.3) is 0 Å². The van der Waals surface area contributed by atoms with E-state index in [1.807, 2.05) is 0 Å². The number of rotatable bonds is 0. The van der Waals surface area contributed by atoms with E-state index in [0.717, 1.165) is 18.0 Å². The summed E-state index contributed by atoms with van der Waals surface area (Å²) in [7, 11) is 0. The summed E-state index contributed by atoms with van der Waals surface area (Å²) in [6.45, 7) is 2.27. The van der Waals surface area contributed by atoms with Crippen LogP contribution in [0.25, 0.3) is 0 Å². The first kappa shape index (κ1) is 6.09. The molecule has 1 heteroatoms. The van der Waals surface area contributed by atoms with Gasteiger partial charge in [0.2, 0.25) is 0 Å². The van der Waals surface area contributed by atoms with E-state index in [9.17, 15) is 0 Å². The van der Waals surface area contributed by atoms with Gasteiger partial charge < -0.3 is 5.32 Å². The molecule has 1 nitrogen and oxygen atoms in total. The molecule has 0 amide bonds. The number of hydrogen-bond donors (Lipinski definition) is 1. The lowest BCUT2D eigenvalue weighted by Gasteiger charge is -2.01. The van der Waals surface area contributed by atoms with Crippen molar-refractivity contribution in [2.75, 3.05) is 0 Å². The predicted octanol–water partition coefficient (Wildman–Crippen LogP) is 1.39. The summed E-state index contributed by atoms with van der Waals surface area (Å²) in [6, 6.07) is 1.76. The van der Waals surface area contributed by atoms with Crippen LogP contribution in [0.1, 0.15) is 27.2 Å². The standard InChI is InChI=1S/C6H11N.CH4/c1-4-2-5-3-6(5)7-4;/h4-7H,2-3H2,1H3;1H4/t4-,5-,6+;/m1./s1. The van der Waals surface area contributed by atoms with E-state index < -0.39 is 0 Å². The highest BCUT2D eigenvalue weighted by molar-refractivity contribution is 5.01. The van der Waals surface area contributed by atoms with E-state index >= 15 is 0 Å². The zero-order valence-electron chi connectivity index (χ0n) is 4.65. The molecule has 2 fully saturated rings. The van der Waals surface area contributed by atoms with Gasteiger partial charge in [-0.3, -0.25) is 0 Å². The summed E-state index contributed by atoms with van der Waals surface area (Å²) in [5, 5.41) is 3.49. The third-order valence-electron chi connectivity index (χ3n) is 2.08. The fourth-order valence-electron chi connectivity index (χ4n) is 1.60. The molecule has 0 aromatic carbocycles. The Labute approximate surface area is 51.5 Å². The van der Waals surface area contributed by atoms with Crippen LogP contribution < -0.4 is 5.32 Å². The molecule has 0 spiro atoms. The Morgan fingerprint density at radius 3 is 2.38 bits per heavy atom. The Morgan fingerprint density at radius 2 is 2.12 bits per heavy atom. The average molecular weight is 113 g/mol. The number of fused-ring (bicyclic) bond motifs is 1. The van der Waals surface area contributed by atoms with Crippen LogP contribution in [0.15, 0.2) is 0 Å². The van der Waals surface area contributed by atoms with Crippen molar-refractivity contribution in [1.82, 2.24) is 5.32 Å². The second kappa shape index (κ2) is 1.73. The van der Waals surface area contributed by atoms with Crippen molar-refractivity contribution in [3.05, 3.63) is 0 Å². The Morgan fingerprint density at radius 1 is 1.38 bits per heavy atom. The minimum Gasteiger partial charge on any atom is -0.311 e. The first-order valence-corrected chi connectivity index (χ1v) is 3.12. The lowest BCUT2D eigenvalue weighted by molar-refractivity contribution is 0.584. The van der Waals surface area contributed by atoms with Crippen molar-refractivity contribution < 1.29 is 0 Å². The first-order chi connectivity index (χ1) is 3.36. The summed E-state index contributed by atoms with van der Waals surface area (Å²) in [6.07, 6.45) is 2.90. The monoisotopic (exact) mass is 113 g/mol. The zero-order valence-corrected chi connectivity index (χ0v) is 4.65. The Hall–Kier alpha value is -0.0400. The van der Waals surface area contributed by atoms with Crippen LogP contribution in [0.2, 0.25) is 0 Å². The third kappa shape index (κ3) is 0.752. The molecule has 1 saturated heterocycles. The maximum Gasteiger partial charge on any atom is 0.0102 e. The molecular weight excluding hydrogens is 98.1 g/mol. The Balaban J connectivity index is 0.000000320. The van der Waals surface area contributed by atoms with E-state index in [0.29, 0.717) is 0 Å². The molecule has 1 aliphatic heterocycles. The molecule has 0 bridgehead atoms. The third-order valence-corrected chi connectivity index (χ3v) is 2.08. The van der Waals surface area contributed by atoms with Gasteiger partial charge in [-0.2, -0.15) is 0 Å². The highest BCUT2D eigenvalue weighted by atomic mass is 15.0. The minimum atomic E-state index is 0. The molecule has 2 aliphatic rings. The van der Waals surface area contributed by atoms with Gasteiger partial charge in [0, 0.05) is 12.1 Å². The lowest BCUT2D eigenvalue weighted by atomic mass is 10.2. The van der Waals surface area contributed by atoms with Gasteiger partial charge in [0.1, 0.15) is 0 Å². The summed E-state index contributed by atoms with van der Waals surface area (Å²) >= 11 is 0. The quantitative estimate of drug-likeness (QED) is 0.500. The highest BCUT2D eigenvalue weighted by Crippen LogP contribution is 2.40. The van der Waals surface area contributed by atoms with Crippen LogP contribution in [-0.4, -0.2) is 12.1 Å². The van der Waals surface area contributed by atoms with Gasteiger partial charge in [0.05, 0.1) is 0 Å². The maximum atomic E-state index is 3.49. The van der Waals surface area contributed by atoms with E-state index in [1.54, 1.807) is 0 Å². The Kier molecular flexibility index (Phi) is 1.31. The van der Waals surface area contributed by atoms with Crippen molar-refractivity contribution in [3.63, 3.8) is 0 Å². The van der Waals surface area contributed by atoms with Crippen molar-refractivity contribution >= 4 is 0 Å². The molecule has 8 heavy (non-hydrogen) atoms. The molecule has 0 radical (unpaired) electrons. The molecule has 2 rings (SSSR count). The molecule has 1 saturated carbocycles. The van der Waals surface area contributed by atoms with Crippen molar-refractivity contribution in [3.8, 4) is 0 Å². The predicted molar refractivity (Wildman–Crippen MR) is 35.8 cm³/mol. The fourth-order valence-corrected chi connectivity index (χ4v) is 1.60. The van der Waals surface area contributed by atoms with Crippen LogP contribution >= 0.6 is 0 Å². The molecule has 48 valence electrons. The number of hydrogen-bond acceptors (Lipinski definition) is 1. The molecule has 1 aliphatic carbocycles. The summed E-state index contributed by atoms with van der Waals surface area (Å²) in [4.78, 5) is 0. The van der Waals surface area contributed by atoms with Crippen LogP contribution in [0, 0.1) is 5.92 Å². The largest absolute Gasteiger partial charge is 0.311 e. The maximum absolute atomic E-state index is 3.49. The second-order valence-corrected chi connectivity index (χ2v) is 2.91. The smallest absolute Gasteiger partial charge is 0.0102 e. The van der Waals surface area contributed by atoms with Crippen molar-refractivity contribution in [2.45, 2.75) is 39.3 Å². The van der Waals surface area contributed by atoms with Gasteiger partial charge in [0.15, 0.2) is 0 Å². The van der Waals surface area contributed by atoms with E-state index in [4.69, 9.17) is 0 Å². The molecule has 1 N–H and O–H groups in total. The summed E-state index contributed by atoms with van der Waals surface area (Å²) < 4.78 is 0. The van der Waals surface area contributed by atoms with Gasteiger partial charge in [-0.25, -0.2) is 0 Å². The van der Waals surface area contributed by atoms with Gasteiger partial charge in [-0.05, 0) is 25.7 Å². The summed E-state index contributed by atoms with van der Waals surface area (Å²) in [5.74, 6) is 1.08. The molecule has 0 aromatic rings. The van der Waals surface area contributed by atoms with Crippen LogP contribution in [0.3, 0.4) is 0 Å². The molecule has 0 unspecified atom stereocenters. The van der Waals surface area contributed by atoms with Gasteiger partial charge in [-0.1, -0.05) is 7.43 Å². The zero-order chi connectivity index (χ0) is 4.85. The van der Waals surface area contributed by atoms with Crippen LogP contribution in [0.5, 0.6) is 0 Å². The van der Waals surface area contributed by atoms with Gasteiger partial charge >= 0.3 is 0 Å². The normalized spacial score (nSPS) is 49.9. The first-order valence-electron chi connectivity index (χ1n) is 3.12. The minimum absolute atomic E-state index is 0. The van der Waals surface area contributed by atoms with E-state index in [1.165, 1.54) is 12.8 Å². The van der Waals surface area contributed by atoms with E-state index in [-0.39, 0.29) is 7.43 Å². The average Bonchev–Trinajstić information content (AvgIpc) is 2.15. The topological polar surface area (TPSA) is 12.0 Å². The highest BCUT2D eigenvalue weighted by Gasteiger charge is 2.43. The SMILES string of the molecule is C.C[C@@H]1C[C@@H]2C[C@@H]2N1. The molecule has 0 aromatic heterocycles. The molecular formula is C7H15N. The van der Waals surface area contributed by atoms with Crippen LogP contribution in [-0.2, 0) is 0 Å². The molecule has 3 atom stereocenters.